The number of hydrogen-bond donors (Lipinski definition) is 5. The van der Waals surface area contributed by atoms with Crippen molar-refractivity contribution < 1.29 is 30.0 Å². The van der Waals surface area contributed by atoms with Crippen LogP contribution in [0.3, 0.4) is 0 Å². The van der Waals surface area contributed by atoms with Crippen LogP contribution in [-0.2, 0) is 0 Å². The SMILES string of the molecule is O=C(O)c1ccc(-n2nc(-c3ccccc3O)nc2-c2cccc(Oc3ccccc3C=NCNCN=Cc3ccccc3O)c2O)cc1. The van der Waals surface area contributed by atoms with Crippen LogP contribution in [0.4, 0.5) is 0 Å². The molecule has 0 aliphatic heterocycles. The van der Waals surface area contributed by atoms with Crippen molar-refractivity contribution in [1.82, 2.24) is 20.1 Å². The lowest BCUT2D eigenvalue weighted by molar-refractivity contribution is 0.0697. The lowest BCUT2D eigenvalue weighted by Crippen LogP contribution is -2.13. The lowest BCUT2D eigenvalue weighted by Gasteiger charge is -2.13. The summed E-state index contributed by atoms with van der Waals surface area (Å²) in [6, 6.07) is 31.8. The van der Waals surface area contributed by atoms with Gasteiger partial charge in [-0.2, -0.15) is 0 Å². The van der Waals surface area contributed by atoms with Gasteiger partial charge in [-0.1, -0.05) is 42.5 Å². The quantitative estimate of drug-likeness (QED) is 0.0754. The van der Waals surface area contributed by atoms with Crippen LogP contribution in [0.2, 0.25) is 0 Å². The van der Waals surface area contributed by atoms with E-state index in [2.05, 4.69) is 25.4 Å². The molecule has 0 saturated heterocycles. The fourth-order valence-electron chi connectivity index (χ4n) is 4.84. The second-order valence-electron chi connectivity index (χ2n) is 10.6. The van der Waals surface area contributed by atoms with Crippen molar-refractivity contribution in [2.45, 2.75) is 0 Å². The molecule has 0 aliphatic rings. The second kappa shape index (κ2) is 14.8. The number of nitrogens with zero attached hydrogens (tertiary/aromatic N) is 5. The van der Waals surface area contributed by atoms with Crippen LogP contribution >= 0.6 is 0 Å². The Morgan fingerprint density at radius 1 is 0.714 bits per heavy atom. The summed E-state index contributed by atoms with van der Waals surface area (Å²) in [7, 11) is 0. The number of hydrogen-bond acceptors (Lipinski definition) is 10. The van der Waals surface area contributed by atoms with Gasteiger partial charge in [-0.05, 0) is 72.8 Å². The van der Waals surface area contributed by atoms with Crippen molar-refractivity contribution in [3.8, 4) is 57.2 Å². The molecular formula is C37H30N6O6. The standard InChI is InChI=1S/C37H30N6O6/c44-30-12-4-1-8-25(30)20-38-22-40-23-39-21-26-9-2-6-14-32(26)49-33-15-7-11-29(34(33)46)36-41-35(28-10-3-5-13-31(28)45)42-43(36)27-18-16-24(17-19-27)37(47)48/h1-21,40,44-46H,22-23H2,(H,47,48). The molecule has 0 aliphatic carbocycles. The second-order valence-corrected chi connectivity index (χ2v) is 10.6. The molecule has 0 spiro atoms. The summed E-state index contributed by atoms with van der Waals surface area (Å²) in [4.78, 5) is 24.8. The highest BCUT2D eigenvalue weighted by atomic mass is 16.5. The predicted molar refractivity (Wildman–Crippen MR) is 185 cm³/mol. The first-order valence-corrected chi connectivity index (χ1v) is 15.1. The molecule has 0 fully saturated rings. The van der Waals surface area contributed by atoms with Gasteiger partial charge in [0, 0.05) is 23.6 Å². The van der Waals surface area contributed by atoms with Gasteiger partial charge >= 0.3 is 5.97 Å². The third kappa shape index (κ3) is 7.45. The summed E-state index contributed by atoms with van der Waals surface area (Å²) in [5, 5.41) is 48.9. The van der Waals surface area contributed by atoms with Gasteiger partial charge in [0.2, 0.25) is 0 Å². The minimum Gasteiger partial charge on any atom is -0.507 e. The molecule has 12 heteroatoms. The van der Waals surface area contributed by atoms with Crippen molar-refractivity contribution in [2.75, 3.05) is 13.3 Å². The fraction of sp³-hybridized carbons (Fsp3) is 0.0541. The molecule has 0 unspecified atom stereocenters. The first-order valence-electron chi connectivity index (χ1n) is 15.1. The zero-order chi connectivity index (χ0) is 34.2. The van der Waals surface area contributed by atoms with Gasteiger partial charge in [-0.15, -0.1) is 5.10 Å². The third-order valence-corrected chi connectivity index (χ3v) is 7.29. The molecule has 6 aromatic rings. The minimum atomic E-state index is -1.07. The van der Waals surface area contributed by atoms with Crippen LogP contribution in [0.1, 0.15) is 21.5 Å². The highest BCUT2D eigenvalue weighted by Crippen LogP contribution is 2.40. The number of nitrogens with one attached hydrogen (secondary N) is 1. The molecule has 12 nitrogen and oxygen atoms in total. The monoisotopic (exact) mass is 654 g/mol. The van der Waals surface area contributed by atoms with E-state index < -0.39 is 5.97 Å². The number of aromatic hydroxyl groups is 3. The Labute approximate surface area is 280 Å². The van der Waals surface area contributed by atoms with Crippen molar-refractivity contribution in [1.29, 1.82) is 0 Å². The number of phenolic OH excluding ortho intramolecular Hbond substituents is 3. The Morgan fingerprint density at radius 2 is 1.33 bits per heavy atom. The first kappa shape index (κ1) is 32.2. The number of benzene rings is 5. The summed E-state index contributed by atoms with van der Waals surface area (Å²) in [5.41, 5.74) is 2.53. The number of aromatic nitrogens is 3. The summed E-state index contributed by atoms with van der Waals surface area (Å²) in [6.45, 7) is 0.569. The maximum Gasteiger partial charge on any atom is 0.335 e. The van der Waals surface area contributed by atoms with Gasteiger partial charge in [-0.3, -0.25) is 15.3 Å². The molecule has 0 atom stereocenters. The maximum absolute atomic E-state index is 11.5. The number of ether oxygens (including phenoxy) is 1. The van der Waals surface area contributed by atoms with Gasteiger partial charge in [0.25, 0.3) is 0 Å². The Morgan fingerprint density at radius 3 is 2.04 bits per heavy atom. The van der Waals surface area contributed by atoms with Gasteiger partial charge in [0.1, 0.15) is 17.2 Å². The number of phenols is 3. The summed E-state index contributed by atoms with van der Waals surface area (Å²) >= 11 is 0. The molecule has 6 rings (SSSR count). The van der Waals surface area contributed by atoms with Crippen LogP contribution in [0.25, 0.3) is 28.5 Å². The van der Waals surface area contributed by atoms with Gasteiger partial charge in [0.05, 0.1) is 35.7 Å². The normalized spacial score (nSPS) is 11.3. The molecule has 0 bridgehead atoms. The Kier molecular flexibility index (Phi) is 9.68. The average molecular weight is 655 g/mol. The van der Waals surface area contributed by atoms with Gasteiger partial charge in [-0.25, -0.2) is 14.5 Å². The molecule has 244 valence electrons. The van der Waals surface area contributed by atoms with E-state index in [4.69, 9.17) is 4.74 Å². The van der Waals surface area contributed by atoms with E-state index in [1.807, 2.05) is 18.2 Å². The third-order valence-electron chi connectivity index (χ3n) is 7.29. The molecule has 0 amide bonds. The van der Waals surface area contributed by atoms with Crippen LogP contribution in [0, 0.1) is 0 Å². The van der Waals surface area contributed by atoms with Crippen molar-refractivity contribution in [3.05, 3.63) is 132 Å². The van der Waals surface area contributed by atoms with E-state index in [9.17, 15) is 25.2 Å². The number of aliphatic imine (C=N–C) groups is 2. The van der Waals surface area contributed by atoms with Crippen molar-refractivity contribution in [3.63, 3.8) is 0 Å². The van der Waals surface area contributed by atoms with Crippen molar-refractivity contribution in [2.24, 2.45) is 9.98 Å². The van der Waals surface area contributed by atoms with Crippen LogP contribution in [0.5, 0.6) is 28.7 Å². The summed E-state index contributed by atoms with van der Waals surface area (Å²) in [6.07, 6.45) is 3.23. The van der Waals surface area contributed by atoms with Crippen molar-refractivity contribution >= 4 is 18.4 Å². The molecule has 0 saturated carbocycles. The van der Waals surface area contributed by atoms with Crippen LogP contribution < -0.4 is 10.1 Å². The number of carboxylic acids is 1. The number of carboxylic acid groups (broad SMARTS) is 1. The zero-order valence-corrected chi connectivity index (χ0v) is 25.9. The predicted octanol–water partition coefficient (Wildman–Crippen LogP) is 6.25. The largest absolute Gasteiger partial charge is 0.507 e. The molecule has 49 heavy (non-hydrogen) atoms. The Hall–Kier alpha value is -6.79. The number of aromatic carboxylic acids is 1. The molecular weight excluding hydrogens is 624 g/mol. The first-order chi connectivity index (χ1) is 23.9. The van der Waals surface area contributed by atoms with E-state index in [0.717, 1.165) is 0 Å². The number of rotatable bonds is 12. The number of para-hydroxylation sites is 4. The highest BCUT2D eigenvalue weighted by Gasteiger charge is 2.22. The minimum absolute atomic E-state index is 0.0256. The topological polar surface area (TPSA) is 175 Å². The average Bonchev–Trinajstić information content (AvgIpc) is 3.55. The lowest BCUT2D eigenvalue weighted by atomic mass is 10.1. The Bertz CT molecular complexity index is 2160. The highest BCUT2D eigenvalue weighted by molar-refractivity contribution is 5.88. The Balaban J connectivity index is 1.24. The molecule has 5 N–H and O–H groups in total. The molecule has 0 radical (unpaired) electrons. The van der Waals surface area contributed by atoms with E-state index in [1.165, 1.54) is 22.9 Å². The van der Waals surface area contributed by atoms with Crippen LogP contribution in [-0.4, -0.2) is 66.9 Å². The van der Waals surface area contributed by atoms with E-state index in [1.54, 1.807) is 91.3 Å². The van der Waals surface area contributed by atoms with E-state index >= 15 is 0 Å². The van der Waals surface area contributed by atoms with Gasteiger partial charge < -0.3 is 25.2 Å². The molecule has 5 aromatic carbocycles. The summed E-state index contributed by atoms with van der Waals surface area (Å²) in [5.74, 6) is -0.134. The maximum atomic E-state index is 11.5. The number of carbonyl (C=O) groups is 1. The molecule has 1 aromatic heterocycles. The zero-order valence-electron chi connectivity index (χ0n) is 25.9. The van der Waals surface area contributed by atoms with E-state index in [0.29, 0.717) is 34.8 Å². The smallest absolute Gasteiger partial charge is 0.335 e. The fourth-order valence-corrected chi connectivity index (χ4v) is 4.84. The van der Waals surface area contributed by atoms with Gasteiger partial charge in [0.15, 0.2) is 23.1 Å². The van der Waals surface area contributed by atoms with E-state index in [-0.39, 0.29) is 52.4 Å². The molecule has 1 heterocycles. The van der Waals surface area contributed by atoms with Crippen LogP contribution in [0.15, 0.2) is 125 Å². The summed E-state index contributed by atoms with van der Waals surface area (Å²) < 4.78 is 7.65.